The number of aliphatic hydroxyl groups excluding tert-OH is 1. The summed E-state index contributed by atoms with van der Waals surface area (Å²) in [6, 6.07) is 12.6. The fraction of sp³-hybridized carbons (Fsp3) is 0.378. The van der Waals surface area contributed by atoms with Crippen molar-refractivity contribution in [1.29, 1.82) is 0 Å². The van der Waals surface area contributed by atoms with Gasteiger partial charge in [-0.05, 0) is 61.9 Å². The summed E-state index contributed by atoms with van der Waals surface area (Å²) in [5.74, 6) is -0.843. The Morgan fingerprint density at radius 2 is 1.82 bits per heavy atom. The Morgan fingerprint density at radius 1 is 1.10 bits per heavy atom. The van der Waals surface area contributed by atoms with Gasteiger partial charge in [0.1, 0.15) is 5.57 Å². The summed E-state index contributed by atoms with van der Waals surface area (Å²) in [5.41, 5.74) is 5.66. The molecule has 0 bridgehead atoms. The second-order valence-electron chi connectivity index (χ2n) is 12.9. The molecule has 3 atom stereocenters. The van der Waals surface area contributed by atoms with Crippen LogP contribution in [0.5, 0.6) is 5.88 Å². The van der Waals surface area contributed by atoms with Crippen molar-refractivity contribution in [2.75, 3.05) is 39.7 Å². The van der Waals surface area contributed by atoms with E-state index in [1.54, 1.807) is 38.1 Å². The highest BCUT2D eigenvalue weighted by molar-refractivity contribution is 6.36. The minimum atomic E-state index is -1.17. The largest absolute Gasteiger partial charge is 0.481 e. The maximum atomic E-state index is 13.2. The van der Waals surface area contributed by atoms with E-state index in [1.807, 2.05) is 37.3 Å². The quantitative estimate of drug-likeness (QED) is 0.270. The summed E-state index contributed by atoms with van der Waals surface area (Å²) in [5, 5.41) is 16.4. The zero-order valence-electron chi connectivity index (χ0n) is 29.2. The first-order valence-corrected chi connectivity index (χ1v) is 17.2. The summed E-state index contributed by atoms with van der Waals surface area (Å²) in [7, 11) is 4.54. The van der Waals surface area contributed by atoms with Crippen molar-refractivity contribution >= 4 is 41.1 Å². The highest BCUT2D eigenvalue weighted by Gasteiger charge is 2.38. The first-order chi connectivity index (χ1) is 24.4. The standard InChI is InChI=1S/C37H41ClN6O7/c1-6-51-37(49)44(18-22-14-16-30(45)39-22)29-15-13-21-17-28(41-34(50-5)31(21)29)25-11-7-10-24(32(25)38)23-9-8-12-27(20(23)2)40-33(46)26-19-42(3)36(48)43(4)35(26)47/h7-12,17,19,22,29,36,48H,6,13-16,18H2,1-5H3,(H,39,45)(H,40,46)/t22-,29-,36?/m0/s1. The van der Waals surface area contributed by atoms with Crippen molar-refractivity contribution in [2.24, 2.45) is 0 Å². The number of rotatable bonds is 9. The van der Waals surface area contributed by atoms with E-state index in [-0.39, 0.29) is 30.2 Å². The Hall–Kier alpha value is -5.14. The third kappa shape index (κ3) is 6.83. The minimum Gasteiger partial charge on any atom is -0.481 e. The third-order valence-electron chi connectivity index (χ3n) is 9.69. The summed E-state index contributed by atoms with van der Waals surface area (Å²) in [6.45, 7) is 4.16. The number of pyridine rings is 1. The van der Waals surface area contributed by atoms with Crippen molar-refractivity contribution in [1.82, 2.24) is 25.0 Å². The van der Waals surface area contributed by atoms with Gasteiger partial charge in [0.05, 0.1) is 30.5 Å². The first kappa shape index (κ1) is 35.7. The van der Waals surface area contributed by atoms with Crippen LogP contribution < -0.4 is 15.4 Å². The molecule has 268 valence electrons. The van der Waals surface area contributed by atoms with Gasteiger partial charge in [-0.25, -0.2) is 9.78 Å². The van der Waals surface area contributed by atoms with Crippen LogP contribution in [-0.2, 0) is 25.5 Å². The number of nitrogens with one attached hydrogen (secondary N) is 2. The van der Waals surface area contributed by atoms with E-state index in [9.17, 15) is 24.3 Å². The second-order valence-corrected chi connectivity index (χ2v) is 13.2. The molecule has 3 aromatic rings. The van der Waals surface area contributed by atoms with Crippen LogP contribution in [0, 0.1) is 6.92 Å². The molecule has 13 nitrogen and oxygen atoms in total. The molecule has 14 heteroatoms. The van der Waals surface area contributed by atoms with Gasteiger partial charge in [-0.15, -0.1) is 0 Å². The number of carbonyl (C=O) groups excluding carboxylic acids is 4. The maximum Gasteiger partial charge on any atom is 0.410 e. The van der Waals surface area contributed by atoms with Gasteiger partial charge in [0.2, 0.25) is 18.1 Å². The Labute approximate surface area is 301 Å². The predicted molar refractivity (Wildman–Crippen MR) is 191 cm³/mol. The number of likely N-dealkylation sites (N-methyl/N-ethyl adjacent to an activating group) is 1. The topological polar surface area (TPSA) is 154 Å². The molecule has 1 aliphatic carbocycles. The van der Waals surface area contributed by atoms with Gasteiger partial charge in [-0.2, -0.15) is 0 Å². The normalized spacial score (nSPS) is 19.7. The van der Waals surface area contributed by atoms with E-state index < -0.39 is 24.3 Å². The van der Waals surface area contributed by atoms with E-state index in [0.717, 1.165) is 27.2 Å². The van der Waals surface area contributed by atoms with Gasteiger partial charge in [-0.3, -0.25) is 24.2 Å². The van der Waals surface area contributed by atoms with Crippen LogP contribution in [-0.4, -0.2) is 95.4 Å². The number of amides is 4. The number of nitrogens with zero attached hydrogens (tertiary/aromatic N) is 4. The number of hydrogen-bond donors (Lipinski definition) is 3. The number of ether oxygens (including phenoxy) is 2. The summed E-state index contributed by atoms with van der Waals surface area (Å²) in [6.07, 6.45) is 2.08. The van der Waals surface area contributed by atoms with E-state index in [0.29, 0.717) is 65.6 Å². The average molecular weight is 717 g/mol. The molecule has 1 saturated heterocycles. The van der Waals surface area contributed by atoms with E-state index >= 15 is 0 Å². The lowest BCUT2D eigenvalue weighted by atomic mass is 9.96. The first-order valence-electron chi connectivity index (χ1n) is 16.8. The monoisotopic (exact) mass is 716 g/mol. The molecule has 2 aliphatic heterocycles. The van der Waals surface area contributed by atoms with Crippen LogP contribution in [0.2, 0.25) is 5.02 Å². The molecule has 0 saturated carbocycles. The van der Waals surface area contributed by atoms with E-state index in [2.05, 4.69) is 10.6 Å². The average Bonchev–Trinajstić information content (AvgIpc) is 3.74. The van der Waals surface area contributed by atoms with E-state index in [1.165, 1.54) is 18.1 Å². The Morgan fingerprint density at radius 3 is 2.53 bits per heavy atom. The molecule has 1 aromatic heterocycles. The molecule has 51 heavy (non-hydrogen) atoms. The lowest BCUT2D eigenvalue weighted by Gasteiger charge is -2.35. The fourth-order valence-electron chi connectivity index (χ4n) is 7.01. The number of anilines is 1. The Bertz CT molecular complexity index is 1930. The van der Waals surface area contributed by atoms with Crippen molar-refractivity contribution in [3.8, 4) is 28.3 Å². The molecule has 3 N–H and O–H groups in total. The zero-order valence-corrected chi connectivity index (χ0v) is 29.9. The van der Waals surface area contributed by atoms with E-state index in [4.69, 9.17) is 26.1 Å². The number of methoxy groups -OCH3 is 1. The highest BCUT2D eigenvalue weighted by Crippen LogP contribution is 2.45. The van der Waals surface area contributed by atoms with Gasteiger partial charge in [-0.1, -0.05) is 41.9 Å². The van der Waals surface area contributed by atoms with Crippen LogP contribution in [0.15, 0.2) is 54.2 Å². The predicted octanol–water partition coefficient (Wildman–Crippen LogP) is 4.61. The van der Waals surface area contributed by atoms with Crippen LogP contribution in [0.25, 0.3) is 22.4 Å². The number of aryl methyl sites for hydroxylation is 1. The summed E-state index contributed by atoms with van der Waals surface area (Å²) in [4.78, 5) is 60.1. The molecular formula is C37H41ClN6O7. The van der Waals surface area contributed by atoms with Gasteiger partial charge >= 0.3 is 6.09 Å². The smallest absolute Gasteiger partial charge is 0.410 e. The second kappa shape index (κ2) is 14.6. The van der Waals surface area contributed by atoms with Gasteiger partial charge < -0.3 is 30.1 Å². The zero-order chi connectivity index (χ0) is 36.6. The summed E-state index contributed by atoms with van der Waals surface area (Å²) >= 11 is 7.14. The number of carbonyl (C=O) groups is 4. The molecule has 3 aliphatic rings. The lowest BCUT2D eigenvalue weighted by Crippen LogP contribution is -2.51. The van der Waals surface area contributed by atoms with Crippen molar-refractivity contribution in [3.05, 3.63) is 76.0 Å². The summed E-state index contributed by atoms with van der Waals surface area (Å²) < 4.78 is 11.3. The fourth-order valence-corrected chi connectivity index (χ4v) is 7.34. The SMILES string of the molecule is CCOC(=O)N(C[C@@H]1CCC(=O)N1)[C@H]1CCc2cc(-c3cccc(-c4cccc(NC(=O)C5=CN(C)C(O)N(C)C5=O)c4C)c3Cl)nc(OC)c21. The van der Waals surface area contributed by atoms with Crippen molar-refractivity contribution in [3.63, 3.8) is 0 Å². The molecule has 4 amide bonds. The van der Waals surface area contributed by atoms with Gasteiger partial charge in [0.25, 0.3) is 11.8 Å². The minimum absolute atomic E-state index is 0.0264. The number of aliphatic hydroxyl groups is 1. The number of benzene rings is 2. The number of aromatic nitrogens is 1. The van der Waals surface area contributed by atoms with Crippen LogP contribution >= 0.6 is 11.6 Å². The molecule has 3 heterocycles. The van der Waals surface area contributed by atoms with Gasteiger partial charge in [0, 0.05) is 61.7 Å². The molecule has 1 fully saturated rings. The Kier molecular flexibility index (Phi) is 10.2. The number of hydrogen-bond acceptors (Lipinski definition) is 9. The van der Waals surface area contributed by atoms with Crippen molar-refractivity contribution in [2.45, 2.75) is 58.0 Å². The van der Waals surface area contributed by atoms with Crippen LogP contribution in [0.4, 0.5) is 10.5 Å². The maximum absolute atomic E-state index is 13.2. The van der Waals surface area contributed by atoms with Crippen molar-refractivity contribution < 1.29 is 33.8 Å². The highest BCUT2D eigenvalue weighted by atomic mass is 35.5. The number of halogens is 1. The van der Waals surface area contributed by atoms with Crippen LogP contribution in [0.3, 0.4) is 0 Å². The van der Waals surface area contributed by atoms with Gasteiger partial charge in [0.15, 0.2) is 0 Å². The molecule has 0 radical (unpaired) electrons. The molecule has 0 spiro atoms. The third-order valence-corrected chi connectivity index (χ3v) is 10.1. The lowest BCUT2D eigenvalue weighted by molar-refractivity contribution is -0.149. The molecular weight excluding hydrogens is 676 g/mol. The Balaban J connectivity index is 1.31. The number of fused-ring (bicyclic) bond motifs is 1. The molecule has 6 rings (SSSR count). The van der Waals surface area contributed by atoms with Crippen LogP contribution in [0.1, 0.15) is 48.9 Å². The molecule has 1 unspecified atom stereocenters. The molecule has 2 aromatic carbocycles.